The molecular weight excluding hydrogens is 280 g/mol. The smallest absolute Gasteiger partial charge is 0.315 e. The summed E-state index contributed by atoms with van der Waals surface area (Å²) in [5.41, 5.74) is 0. The molecule has 1 rings (SSSR count). The minimum Gasteiger partial charge on any atom is -0.497 e. The van der Waals surface area contributed by atoms with Crippen LogP contribution in [0.1, 0.15) is 39.5 Å². The first-order chi connectivity index (χ1) is 10.6. The summed E-state index contributed by atoms with van der Waals surface area (Å²) in [6.07, 6.45) is 5.94. The number of hydrogen-bond acceptors (Lipinski definition) is 4. The number of aliphatic hydroxyl groups excluding tert-OH is 1. The Labute approximate surface area is 132 Å². The van der Waals surface area contributed by atoms with E-state index in [0.717, 1.165) is 18.6 Å². The summed E-state index contributed by atoms with van der Waals surface area (Å²) in [4.78, 5) is 11.7. The Morgan fingerprint density at radius 2 is 1.73 bits per heavy atom. The van der Waals surface area contributed by atoms with Gasteiger partial charge in [0.15, 0.2) is 0 Å². The lowest BCUT2D eigenvalue weighted by Crippen LogP contribution is -2.18. The molecule has 0 aromatic heterocycles. The third kappa shape index (κ3) is 6.31. The van der Waals surface area contributed by atoms with E-state index in [-0.39, 0.29) is 18.5 Å². The molecule has 0 aliphatic carbocycles. The number of ether oxygens (including phenoxy) is 2. The van der Waals surface area contributed by atoms with Crippen molar-refractivity contribution >= 4 is 5.97 Å². The summed E-state index contributed by atoms with van der Waals surface area (Å²) in [6.45, 7) is 4.15. The molecule has 1 N–H and O–H groups in total. The van der Waals surface area contributed by atoms with Gasteiger partial charge in [-0.15, -0.1) is 0 Å². The van der Waals surface area contributed by atoms with Crippen molar-refractivity contribution < 1.29 is 19.4 Å². The first-order valence-electron chi connectivity index (χ1n) is 7.78. The third-order valence-electron chi connectivity index (χ3n) is 3.71. The molecule has 4 heteroatoms. The number of aliphatic hydroxyl groups is 1. The SMILES string of the molecule is CCC(CC)[C@@H](O)C/C=C/CC(=O)Oc1ccc(OC)cc1. The normalized spacial score (nSPS) is 12.6. The lowest BCUT2D eigenvalue weighted by Gasteiger charge is -2.18. The van der Waals surface area contributed by atoms with Gasteiger partial charge in [0.1, 0.15) is 11.5 Å². The number of rotatable bonds is 9. The van der Waals surface area contributed by atoms with Gasteiger partial charge in [-0.2, -0.15) is 0 Å². The molecule has 0 aliphatic heterocycles. The molecule has 1 atom stereocenters. The van der Waals surface area contributed by atoms with Crippen LogP contribution in [0.2, 0.25) is 0 Å². The molecule has 0 unspecified atom stereocenters. The van der Waals surface area contributed by atoms with E-state index >= 15 is 0 Å². The summed E-state index contributed by atoms with van der Waals surface area (Å²) in [7, 11) is 1.59. The van der Waals surface area contributed by atoms with Crippen LogP contribution in [0.3, 0.4) is 0 Å². The largest absolute Gasteiger partial charge is 0.497 e. The van der Waals surface area contributed by atoms with Gasteiger partial charge in [-0.05, 0) is 36.6 Å². The molecule has 0 aliphatic rings. The Morgan fingerprint density at radius 3 is 2.27 bits per heavy atom. The zero-order valence-electron chi connectivity index (χ0n) is 13.6. The quantitative estimate of drug-likeness (QED) is 0.429. The highest BCUT2D eigenvalue weighted by Crippen LogP contribution is 2.18. The van der Waals surface area contributed by atoms with Crippen molar-refractivity contribution in [1.82, 2.24) is 0 Å². The van der Waals surface area contributed by atoms with E-state index in [1.54, 1.807) is 37.5 Å². The van der Waals surface area contributed by atoms with Crippen LogP contribution in [0.15, 0.2) is 36.4 Å². The average Bonchev–Trinajstić information content (AvgIpc) is 2.53. The van der Waals surface area contributed by atoms with E-state index in [2.05, 4.69) is 13.8 Å². The number of esters is 1. The molecule has 0 bridgehead atoms. The van der Waals surface area contributed by atoms with Crippen molar-refractivity contribution in [1.29, 1.82) is 0 Å². The molecule has 1 aromatic rings. The lowest BCUT2D eigenvalue weighted by atomic mass is 9.94. The molecule has 0 radical (unpaired) electrons. The fraction of sp³-hybridized carbons (Fsp3) is 0.500. The molecule has 1 aromatic carbocycles. The first-order valence-corrected chi connectivity index (χ1v) is 7.78. The Morgan fingerprint density at radius 1 is 1.14 bits per heavy atom. The van der Waals surface area contributed by atoms with Crippen LogP contribution in [0.4, 0.5) is 0 Å². The highest BCUT2D eigenvalue weighted by molar-refractivity contribution is 5.73. The second kappa shape index (κ2) is 10.0. The predicted molar refractivity (Wildman–Crippen MR) is 87.1 cm³/mol. The number of hydrogen-bond donors (Lipinski definition) is 1. The highest BCUT2D eigenvalue weighted by atomic mass is 16.5. The highest BCUT2D eigenvalue weighted by Gasteiger charge is 2.13. The van der Waals surface area contributed by atoms with Crippen LogP contribution < -0.4 is 9.47 Å². The van der Waals surface area contributed by atoms with Crippen molar-refractivity contribution in [2.75, 3.05) is 7.11 Å². The molecule has 4 nitrogen and oxygen atoms in total. The molecule has 0 saturated carbocycles. The van der Waals surface area contributed by atoms with Crippen molar-refractivity contribution in [2.24, 2.45) is 5.92 Å². The van der Waals surface area contributed by atoms with E-state index in [1.807, 2.05) is 6.08 Å². The van der Waals surface area contributed by atoms with Crippen LogP contribution in [0.5, 0.6) is 11.5 Å². The summed E-state index contributed by atoms with van der Waals surface area (Å²) in [6, 6.07) is 6.86. The predicted octanol–water partition coefficient (Wildman–Crippen LogP) is 3.73. The lowest BCUT2D eigenvalue weighted by molar-refractivity contribution is -0.133. The van der Waals surface area contributed by atoms with Gasteiger partial charge in [-0.1, -0.05) is 38.8 Å². The van der Waals surface area contributed by atoms with Gasteiger partial charge >= 0.3 is 5.97 Å². The van der Waals surface area contributed by atoms with E-state index in [9.17, 15) is 9.90 Å². The zero-order chi connectivity index (χ0) is 16.4. The monoisotopic (exact) mass is 306 g/mol. The standard InChI is InChI=1S/C18H26O4/c1-4-14(5-2)17(19)8-6-7-9-18(20)22-16-12-10-15(21-3)11-13-16/h6-7,10-14,17,19H,4-5,8-9H2,1-3H3/b7-6+/t17-/m0/s1. The fourth-order valence-corrected chi connectivity index (χ4v) is 2.26. The Bertz CT molecular complexity index is 460. The maximum Gasteiger partial charge on any atom is 0.315 e. The van der Waals surface area contributed by atoms with Gasteiger partial charge in [-0.3, -0.25) is 4.79 Å². The minimum atomic E-state index is -0.344. The minimum absolute atomic E-state index is 0.196. The second-order valence-electron chi connectivity index (χ2n) is 5.20. The molecule has 0 heterocycles. The second-order valence-corrected chi connectivity index (χ2v) is 5.20. The van der Waals surface area contributed by atoms with Gasteiger partial charge in [0.25, 0.3) is 0 Å². The number of methoxy groups -OCH3 is 1. The summed E-state index contributed by atoms with van der Waals surface area (Å²) in [5, 5.41) is 9.98. The van der Waals surface area contributed by atoms with Crippen molar-refractivity contribution in [2.45, 2.75) is 45.6 Å². The Hall–Kier alpha value is -1.81. The molecule has 0 fully saturated rings. The third-order valence-corrected chi connectivity index (χ3v) is 3.71. The van der Waals surface area contributed by atoms with Crippen molar-refractivity contribution in [3.05, 3.63) is 36.4 Å². The van der Waals surface area contributed by atoms with Crippen LogP contribution >= 0.6 is 0 Å². The summed E-state index contributed by atoms with van der Waals surface area (Å²) < 4.78 is 10.2. The van der Waals surface area contributed by atoms with E-state index in [1.165, 1.54) is 0 Å². The molecule has 22 heavy (non-hydrogen) atoms. The molecule has 0 saturated heterocycles. The van der Waals surface area contributed by atoms with Crippen LogP contribution in [-0.4, -0.2) is 24.3 Å². The summed E-state index contributed by atoms with van der Waals surface area (Å²) >= 11 is 0. The van der Waals surface area contributed by atoms with Gasteiger partial charge in [0, 0.05) is 0 Å². The molecular formula is C18H26O4. The molecule has 0 amide bonds. The van der Waals surface area contributed by atoms with Crippen molar-refractivity contribution in [3.8, 4) is 11.5 Å². The number of carbonyl (C=O) groups is 1. The Kier molecular flexibility index (Phi) is 8.30. The first kappa shape index (κ1) is 18.2. The van der Waals surface area contributed by atoms with Crippen LogP contribution in [0.25, 0.3) is 0 Å². The van der Waals surface area contributed by atoms with Gasteiger partial charge in [-0.25, -0.2) is 0 Å². The maximum absolute atomic E-state index is 11.7. The summed E-state index contributed by atoms with van der Waals surface area (Å²) in [5.74, 6) is 1.21. The Balaban J connectivity index is 2.34. The van der Waals surface area contributed by atoms with E-state index < -0.39 is 0 Å². The van der Waals surface area contributed by atoms with Crippen LogP contribution in [0, 0.1) is 5.92 Å². The van der Waals surface area contributed by atoms with E-state index in [0.29, 0.717) is 18.1 Å². The van der Waals surface area contributed by atoms with Crippen LogP contribution in [-0.2, 0) is 4.79 Å². The van der Waals surface area contributed by atoms with Gasteiger partial charge in [0.2, 0.25) is 0 Å². The zero-order valence-corrected chi connectivity index (χ0v) is 13.6. The molecule has 0 spiro atoms. The maximum atomic E-state index is 11.7. The van der Waals surface area contributed by atoms with E-state index in [4.69, 9.17) is 9.47 Å². The molecule has 122 valence electrons. The number of benzene rings is 1. The fourth-order valence-electron chi connectivity index (χ4n) is 2.26. The topological polar surface area (TPSA) is 55.8 Å². The van der Waals surface area contributed by atoms with Crippen molar-refractivity contribution in [3.63, 3.8) is 0 Å². The van der Waals surface area contributed by atoms with Gasteiger partial charge < -0.3 is 14.6 Å². The number of carbonyl (C=O) groups excluding carboxylic acids is 1. The average molecular weight is 306 g/mol. The van der Waals surface area contributed by atoms with Gasteiger partial charge in [0.05, 0.1) is 19.6 Å².